The molecule has 2 heteroatoms. The molecule has 0 radical (unpaired) electrons. The lowest BCUT2D eigenvalue weighted by molar-refractivity contribution is 0.101. The molecule has 0 saturated carbocycles. The van der Waals surface area contributed by atoms with Crippen LogP contribution in [0.15, 0.2) is 59.6 Å². The van der Waals surface area contributed by atoms with Gasteiger partial charge in [-0.15, -0.1) is 0 Å². The number of rotatable bonds is 3. The molecule has 0 saturated heterocycles. The highest BCUT2D eigenvalue weighted by atomic mass is 16.1. The topological polar surface area (TPSA) is 29.4 Å². The van der Waals surface area contributed by atoms with Crippen LogP contribution in [0.5, 0.6) is 0 Å². The summed E-state index contributed by atoms with van der Waals surface area (Å²) in [6.45, 7) is 1.56. The van der Waals surface area contributed by atoms with Crippen molar-refractivity contribution in [2.45, 2.75) is 6.92 Å². The van der Waals surface area contributed by atoms with Gasteiger partial charge in [0, 0.05) is 11.8 Å². The van der Waals surface area contributed by atoms with Crippen LogP contribution in [0.1, 0.15) is 22.8 Å². The van der Waals surface area contributed by atoms with Crippen molar-refractivity contribution in [1.29, 1.82) is 0 Å². The normalized spacial score (nSPS) is 10.6. The molecule has 0 unspecified atom stereocenters. The van der Waals surface area contributed by atoms with Crippen LogP contribution in [-0.4, -0.2) is 12.0 Å². The molecule has 0 amide bonds. The van der Waals surface area contributed by atoms with Gasteiger partial charge in [-0.3, -0.25) is 9.79 Å². The third kappa shape index (κ3) is 3.11. The third-order valence-corrected chi connectivity index (χ3v) is 2.41. The molecular formula is C15H13NO. The second-order valence-corrected chi connectivity index (χ2v) is 3.78. The van der Waals surface area contributed by atoms with Crippen LogP contribution in [0.4, 0.5) is 5.69 Å². The lowest BCUT2D eigenvalue weighted by Gasteiger charge is -1.97. The zero-order valence-electron chi connectivity index (χ0n) is 9.63. The Morgan fingerprint density at radius 3 is 2.53 bits per heavy atom. The second-order valence-electron chi connectivity index (χ2n) is 3.78. The molecule has 0 aromatic heterocycles. The van der Waals surface area contributed by atoms with Crippen molar-refractivity contribution in [3.05, 3.63) is 65.7 Å². The Balaban J connectivity index is 2.22. The third-order valence-electron chi connectivity index (χ3n) is 2.41. The van der Waals surface area contributed by atoms with Crippen LogP contribution in [-0.2, 0) is 0 Å². The first-order valence-electron chi connectivity index (χ1n) is 5.46. The number of Topliss-reactive ketones (excluding diaryl/α,β-unsaturated/α-hetero) is 1. The molecular weight excluding hydrogens is 210 g/mol. The number of carbonyl (C=O) groups is 1. The summed E-state index contributed by atoms with van der Waals surface area (Å²) in [5, 5.41) is 0. The Morgan fingerprint density at radius 1 is 1.06 bits per heavy atom. The number of nitrogens with zero attached hydrogens (tertiary/aromatic N) is 1. The summed E-state index contributed by atoms with van der Waals surface area (Å²) >= 11 is 0. The van der Waals surface area contributed by atoms with Crippen LogP contribution in [0.25, 0.3) is 0 Å². The van der Waals surface area contributed by atoms with Gasteiger partial charge in [-0.2, -0.15) is 0 Å². The zero-order chi connectivity index (χ0) is 12.1. The van der Waals surface area contributed by atoms with Gasteiger partial charge in [0.05, 0.1) is 5.69 Å². The maximum atomic E-state index is 11.2. The molecule has 0 atom stereocenters. The molecule has 0 spiro atoms. The summed E-state index contributed by atoms with van der Waals surface area (Å²) in [6.07, 6.45) is 1.79. The minimum Gasteiger partial charge on any atom is -0.295 e. The summed E-state index contributed by atoms with van der Waals surface area (Å²) in [4.78, 5) is 15.6. The van der Waals surface area contributed by atoms with E-state index in [0.29, 0.717) is 5.56 Å². The maximum absolute atomic E-state index is 11.2. The van der Waals surface area contributed by atoms with Crippen LogP contribution in [0, 0.1) is 0 Å². The minimum atomic E-state index is 0.0572. The lowest BCUT2D eigenvalue weighted by Crippen LogP contribution is -1.89. The fraction of sp³-hybridized carbons (Fsp3) is 0.0667. The van der Waals surface area contributed by atoms with Crippen LogP contribution in [0.3, 0.4) is 0 Å². The van der Waals surface area contributed by atoms with E-state index in [0.717, 1.165) is 11.3 Å². The monoisotopic (exact) mass is 223 g/mol. The second kappa shape index (κ2) is 5.21. The highest BCUT2D eigenvalue weighted by Crippen LogP contribution is 2.14. The van der Waals surface area contributed by atoms with Crippen molar-refractivity contribution in [3.63, 3.8) is 0 Å². The summed E-state index contributed by atoms with van der Waals surface area (Å²) in [5.74, 6) is 0.0572. The molecule has 0 fully saturated rings. The van der Waals surface area contributed by atoms with Crippen molar-refractivity contribution in [1.82, 2.24) is 0 Å². The molecule has 2 aromatic carbocycles. The van der Waals surface area contributed by atoms with Gasteiger partial charge in [0.1, 0.15) is 0 Å². The highest BCUT2D eigenvalue weighted by Gasteiger charge is 1.98. The van der Waals surface area contributed by atoms with Gasteiger partial charge < -0.3 is 0 Å². The highest BCUT2D eigenvalue weighted by molar-refractivity contribution is 5.95. The SMILES string of the molecule is CC(=O)c1cccc(/N=C/c2ccccc2)c1. The van der Waals surface area contributed by atoms with Gasteiger partial charge in [-0.05, 0) is 24.6 Å². The van der Waals surface area contributed by atoms with E-state index in [2.05, 4.69) is 4.99 Å². The van der Waals surface area contributed by atoms with Gasteiger partial charge in [-0.25, -0.2) is 0 Å². The molecule has 2 rings (SSSR count). The van der Waals surface area contributed by atoms with Crippen molar-refractivity contribution in [2.75, 3.05) is 0 Å². The first-order valence-corrected chi connectivity index (χ1v) is 5.46. The van der Waals surface area contributed by atoms with Crippen molar-refractivity contribution in [2.24, 2.45) is 4.99 Å². The van der Waals surface area contributed by atoms with Gasteiger partial charge in [-0.1, -0.05) is 42.5 Å². The molecule has 2 nitrogen and oxygen atoms in total. The largest absolute Gasteiger partial charge is 0.295 e. The Bertz CT molecular complexity index is 544. The van der Waals surface area contributed by atoms with Gasteiger partial charge in [0.25, 0.3) is 0 Å². The van der Waals surface area contributed by atoms with Crippen LogP contribution < -0.4 is 0 Å². The first kappa shape index (κ1) is 11.3. The Labute approximate surface area is 101 Å². The van der Waals surface area contributed by atoms with E-state index in [1.165, 1.54) is 0 Å². The molecule has 0 N–H and O–H groups in total. The fourth-order valence-corrected chi connectivity index (χ4v) is 1.49. The number of aliphatic imine (C=N–C) groups is 1. The smallest absolute Gasteiger partial charge is 0.159 e. The Hall–Kier alpha value is -2.22. The number of carbonyl (C=O) groups excluding carboxylic acids is 1. The van der Waals surface area contributed by atoms with Crippen molar-refractivity contribution < 1.29 is 4.79 Å². The van der Waals surface area contributed by atoms with E-state index >= 15 is 0 Å². The van der Waals surface area contributed by atoms with E-state index in [4.69, 9.17) is 0 Å². The average Bonchev–Trinajstić information content (AvgIpc) is 2.38. The predicted molar refractivity (Wildman–Crippen MR) is 70.1 cm³/mol. The number of ketones is 1. The average molecular weight is 223 g/mol. The van der Waals surface area contributed by atoms with Crippen LogP contribution >= 0.6 is 0 Å². The quantitative estimate of drug-likeness (QED) is 0.577. The molecule has 17 heavy (non-hydrogen) atoms. The fourth-order valence-electron chi connectivity index (χ4n) is 1.49. The zero-order valence-corrected chi connectivity index (χ0v) is 9.63. The summed E-state index contributed by atoms with van der Waals surface area (Å²) in [7, 11) is 0. The molecule has 0 heterocycles. The standard InChI is InChI=1S/C15H13NO/c1-12(17)14-8-5-9-15(10-14)16-11-13-6-3-2-4-7-13/h2-11H,1H3/b16-11+. The molecule has 0 aliphatic rings. The predicted octanol–water partition coefficient (Wildman–Crippen LogP) is 3.64. The first-order chi connectivity index (χ1) is 8.25. The van der Waals surface area contributed by atoms with Gasteiger partial charge >= 0.3 is 0 Å². The lowest BCUT2D eigenvalue weighted by atomic mass is 10.1. The van der Waals surface area contributed by atoms with Gasteiger partial charge in [0.15, 0.2) is 5.78 Å². The Kier molecular flexibility index (Phi) is 3.46. The van der Waals surface area contributed by atoms with E-state index in [1.807, 2.05) is 42.5 Å². The summed E-state index contributed by atoms with van der Waals surface area (Å²) < 4.78 is 0. The van der Waals surface area contributed by atoms with Crippen molar-refractivity contribution >= 4 is 17.7 Å². The minimum absolute atomic E-state index is 0.0572. The summed E-state index contributed by atoms with van der Waals surface area (Å²) in [5.41, 5.74) is 2.52. The van der Waals surface area contributed by atoms with Gasteiger partial charge in [0.2, 0.25) is 0 Å². The molecule has 0 aliphatic carbocycles. The van der Waals surface area contributed by atoms with E-state index in [1.54, 1.807) is 25.3 Å². The van der Waals surface area contributed by atoms with E-state index < -0.39 is 0 Å². The number of hydrogen-bond donors (Lipinski definition) is 0. The van der Waals surface area contributed by atoms with E-state index in [-0.39, 0.29) is 5.78 Å². The molecule has 0 aliphatic heterocycles. The number of hydrogen-bond acceptors (Lipinski definition) is 2. The van der Waals surface area contributed by atoms with E-state index in [9.17, 15) is 4.79 Å². The molecule has 0 bridgehead atoms. The molecule has 84 valence electrons. The Morgan fingerprint density at radius 2 is 1.82 bits per heavy atom. The summed E-state index contributed by atoms with van der Waals surface area (Å²) in [6, 6.07) is 17.2. The maximum Gasteiger partial charge on any atom is 0.159 e. The number of benzene rings is 2. The molecule has 2 aromatic rings. The van der Waals surface area contributed by atoms with Crippen molar-refractivity contribution in [3.8, 4) is 0 Å². The van der Waals surface area contributed by atoms with Crippen LogP contribution in [0.2, 0.25) is 0 Å².